The first-order valence-electron chi connectivity index (χ1n) is 12.5. The lowest BCUT2D eigenvalue weighted by Gasteiger charge is -2.35. The summed E-state index contributed by atoms with van der Waals surface area (Å²) in [5.74, 6) is 1.34. The average molecular weight is 437 g/mol. The normalized spacial score (nSPS) is 20.1. The van der Waals surface area contributed by atoms with Gasteiger partial charge in [-0.25, -0.2) is 0 Å². The Balaban J connectivity index is 1.46. The van der Waals surface area contributed by atoms with E-state index in [1.165, 1.54) is 43.5 Å². The fraction of sp³-hybridized carbons (Fsp3) is 0.571. The number of ether oxygens (including phenoxy) is 2. The molecule has 4 heteroatoms. The van der Waals surface area contributed by atoms with Gasteiger partial charge in [-0.3, -0.25) is 9.80 Å². The van der Waals surface area contributed by atoms with E-state index in [-0.39, 0.29) is 0 Å². The first-order chi connectivity index (χ1) is 15.9. The van der Waals surface area contributed by atoms with Crippen molar-refractivity contribution in [2.24, 2.45) is 11.8 Å². The molecule has 0 aliphatic carbocycles. The lowest BCUT2D eigenvalue weighted by Crippen LogP contribution is -2.42. The zero-order valence-corrected chi connectivity index (χ0v) is 19.5. The van der Waals surface area contributed by atoms with Crippen molar-refractivity contribution in [1.82, 2.24) is 9.80 Å². The van der Waals surface area contributed by atoms with Crippen molar-refractivity contribution in [3.8, 4) is 0 Å². The van der Waals surface area contributed by atoms with Crippen molar-refractivity contribution in [2.45, 2.75) is 25.7 Å². The van der Waals surface area contributed by atoms with E-state index in [2.05, 4.69) is 70.5 Å². The van der Waals surface area contributed by atoms with E-state index in [4.69, 9.17) is 9.47 Å². The number of rotatable bonds is 11. The summed E-state index contributed by atoms with van der Waals surface area (Å²) in [5, 5.41) is 0. The Morgan fingerprint density at radius 1 is 0.625 bits per heavy atom. The van der Waals surface area contributed by atoms with Gasteiger partial charge in [0.2, 0.25) is 0 Å². The number of hydrogen-bond acceptors (Lipinski definition) is 4. The highest BCUT2D eigenvalue weighted by molar-refractivity contribution is 5.18. The highest BCUT2D eigenvalue weighted by Gasteiger charge is 2.26. The lowest BCUT2D eigenvalue weighted by atomic mass is 9.79. The third-order valence-corrected chi connectivity index (χ3v) is 7.10. The molecule has 2 aliphatic rings. The molecule has 2 saturated heterocycles. The van der Waals surface area contributed by atoms with Gasteiger partial charge in [-0.2, -0.15) is 0 Å². The van der Waals surface area contributed by atoms with Gasteiger partial charge in [-0.15, -0.1) is 0 Å². The second-order valence-electron chi connectivity index (χ2n) is 9.41. The van der Waals surface area contributed by atoms with Gasteiger partial charge in [0.25, 0.3) is 0 Å². The fourth-order valence-electron chi connectivity index (χ4n) is 5.24. The summed E-state index contributed by atoms with van der Waals surface area (Å²) in [5.41, 5.74) is 2.95. The molecule has 0 amide bonds. The minimum atomic E-state index is 0.653. The Hall–Kier alpha value is -1.72. The molecule has 2 aromatic rings. The maximum atomic E-state index is 5.63. The van der Waals surface area contributed by atoms with Crippen LogP contribution in [0.3, 0.4) is 0 Å². The van der Waals surface area contributed by atoms with E-state index < -0.39 is 0 Å². The summed E-state index contributed by atoms with van der Waals surface area (Å²) in [6.07, 6.45) is 4.89. The molecule has 2 atom stereocenters. The molecule has 2 aromatic carbocycles. The van der Waals surface area contributed by atoms with Crippen LogP contribution in [0, 0.1) is 11.8 Å². The Labute approximate surface area is 194 Å². The number of morpholine rings is 2. The van der Waals surface area contributed by atoms with Gasteiger partial charge in [0.1, 0.15) is 0 Å². The van der Waals surface area contributed by atoms with Gasteiger partial charge in [0.15, 0.2) is 0 Å². The molecule has 32 heavy (non-hydrogen) atoms. The SMILES string of the molecule is c1ccc(C[C@H](CN2CCOCC2)[C@@H](CCCN2CCOCC2)Cc2ccccc2)cc1. The summed E-state index contributed by atoms with van der Waals surface area (Å²) in [6, 6.07) is 22.2. The van der Waals surface area contributed by atoms with E-state index in [0.29, 0.717) is 11.8 Å². The van der Waals surface area contributed by atoms with Crippen molar-refractivity contribution >= 4 is 0 Å². The van der Waals surface area contributed by atoms with Crippen molar-refractivity contribution < 1.29 is 9.47 Å². The monoisotopic (exact) mass is 436 g/mol. The van der Waals surface area contributed by atoms with Crippen LogP contribution >= 0.6 is 0 Å². The molecule has 0 radical (unpaired) electrons. The van der Waals surface area contributed by atoms with Crippen LogP contribution in [0.2, 0.25) is 0 Å². The molecule has 0 bridgehead atoms. The quantitative estimate of drug-likeness (QED) is 0.528. The van der Waals surface area contributed by atoms with E-state index in [9.17, 15) is 0 Å². The van der Waals surface area contributed by atoms with Crippen LogP contribution in [-0.4, -0.2) is 75.5 Å². The molecule has 0 saturated carbocycles. The lowest BCUT2D eigenvalue weighted by molar-refractivity contribution is 0.0237. The Kier molecular flexibility index (Phi) is 9.59. The molecule has 0 N–H and O–H groups in total. The number of benzene rings is 2. The minimum Gasteiger partial charge on any atom is -0.379 e. The second kappa shape index (κ2) is 13.1. The topological polar surface area (TPSA) is 24.9 Å². The predicted molar refractivity (Wildman–Crippen MR) is 131 cm³/mol. The first kappa shape index (κ1) is 23.4. The van der Waals surface area contributed by atoms with Crippen molar-refractivity contribution in [3.05, 3.63) is 71.8 Å². The fourth-order valence-corrected chi connectivity index (χ4v) is 5.24. The first-order valence-corrected chi connectivity index (χ1v) is 12.5. The van der Waals surface area contributed by atoms with Crippen molar-refractivity contribution in [2.75, 3.05) is 65.7 Å². The molecule has 0 unspecified atom stereocenters. The highest BCUT2D eigenvalue weighted by atomic mass is 16.5. The molecular weight excluding hydrogens is 396 g/mol. The van der Waals surface area contributed by atoms with Crippen LogP contribution in [-0.2, 0) is 22.3 Å². The highest BCUT2D eigenvalue weighted by Crippen LogP contribution is 2.28. The Morgan fingerprint density at radius 2 is 1.12 bits per heavy atom. The van der Waals surface area contributed by atoms with Gasteiger partial charge in [0.05, 0.1) is 26.4 Å². The van der Waals surface area contributed by atoms with Crippen LogP contribution in [0.25, 0.3) is 0 Å². The maximum Gasteiger partial charge on any atom is 0.0594 e. The second-order valence-corrected chi connectivity index (χ2v) is 9.41. The van der Waals surface area contributed by atoms with Crippen LogP contribution in [0.4, 0.5) is 0 Å². The number of hydrogen-bond donors (Lipinski definition) is 0. The van der Waals surface area contributed by atoms with E-state index in [1.54, 1.807) is 0 Å². The third-order valence-electron chi connectivity index (χ3n) is 7.10. The summed E-state index contributed by atoms with van der Waals surface area (Å²) in [6.45, 7) is 10.2. The molecule has 2 aliphatic heterocycles. The molecule has 0 aromatic heterocycles. The maximum absolute atomic E-state index is 5.63. The predicted octanol–water partition coefficient (Wildman–Crippen LogP) is 4.15. The summed E-state index contributed by atoms with van der Waals surface area (Å²) >= 11 is 0. The molecule has 4 rings (SSSR count). The molecule has 2 fully saturated rings. The van der Waals surface area contributed by atoms with Gasteiger partial charge >= 0.3 is 0 Å². The van der Waals surface area contributed by atoms with Crippen LogP contribution in [0.1, 0.15) is 24.0 Å². The molecular formula is C28H40N2O2. The summed E-state index contributed by atoms with van der Waals surface area (Å²) in [4.78, 5) is 5.22. The molecule has 4 nitrogen and oxygen atoms in total. The van der Waals surface area contributed by atoms with Crippen molar-refractivity contribution in [3.63, 3.8) is 0 Å². The minimum absolute atomic E-state index is 0.653. The third kappa shape index (κ3) is 7.70. The van der Waals surface area contributed by atoms with Crippen LogP contribution in [0.15, 0.2) is 60.7 Å². The smallest absolute Gasteiger partial charge is 0.0594 e. The van der Waals surface area contributed by atoms with Gasteiger partial charge < -0.3 is 9.47 Å². The largest absolute Gasteiger partial charge is 0.379 e. The number of nitrogens with zero attached hydrogens (tertiary/aromatic N) is 2. The Morgan fingerprint density at radius 3 is 1.69 bits per heavy atom. The van der Waals surface area contributed by atoms with E-state index in [1.807, 2.05) is 0 Å². The average Bonchev–Trinajstić information content (AvgIpc) is 2.86. The summed E-state index contributed by atoms with van der Waals surface area (Å²) < 4.78 is 11.2. The van der Waals surface area contributed by atoms with Gasteiger partial charge in [0, 0.05) is 32.7 Å². The molecule has 2 heterocycles. The van der Waals surface area contributed by atoms with E-state index in [0.717, 1.165) is 59.0 Å². The Bertz CT molecular complexity index is 743. The summed E-state index contributed by atoms with van der Waals surface area (Å²) in [7, 11) is 0. The standard InChI is InChI=1S/C28H40N2O2/c1-3-8-25(9-4-1)22-27(12-7-13-29-14-18-31-19-15-29)28(23-26-10-5-2-6-11-26)24-30-16-20-32-21-17-30/h1-6,8-11,27-28H,7,12-24H2/t27-,28+/m0/s1. The van der Waals surface area contributed by atoms with E-state index >= 15 is 0 Å². The van der Waals surface area contributed by atoms with Crippen molar-refractivity contribution in [1.29, 1.82) is 0 Å². The zero-order chi connectivity index (χ0) is 21.8. The molecule has 174 valence electrons. The van der Waals surface area contributed by atoms with Crippen LogP contribution < -0.4 is 0 Å². The molecule has 0 spiro atoms. The van der Waals surface area contributed by atoms with Gasteiger partial charge in [-0.05, 0) is 55.2 Å². The zero-order valence-electron chi connectivity index (χ0n) is 19.5. The van der Waals surface area contributed by atoms with Gasteiger partial charge in [-0.1, -0.05) is 60.7 Å². The van der Waals surface area contributed by atoms with Crippen LogP contribution in [0.5, 0.6) is 0 Å².